The Morgan fingerprint density at radius 2 is 1.75 bits per heavy atom. The number of amides is 1. The molecule has 2 aromatic carbocycles. The van der Waals surface area contributed by atoms with Crippen LogP contribution in [0.3, 0.4) is 0 Å². The van der Waals surface area contributed by atoms with Crippen molar-refractivity contribution in [3.8, 4) is 0 Å². The Morgan fingerprint density at radius 3 is 2.46 bits per heavy atom. The molecule has 0 spiro atoms. The van der Waals surface area contributed by atoms with Gasteiger partial charge in [-0.05, 0) is 36.4 Å². The van der Waals surface area contributed by atoms with Gasteiger partial charge in [-0.2, -0.15) is 0 Å². The first-order valence-corrected chi connectivity index (χ1v) is 7.31. The third-order valence-electron chi connectivity index (χ3n) is 3.47. The van der Waals surface area contributed by atoms with Crippen LogP contribution in [0, 0.1) is 5.82 Å². The molecule has 5 nitrogen and oxygen atoms in total. The highest BCUT2D eigenvalue weighted by Crippen LogP contribution is 2.21. The third kappa shape index (κ3) is 3.55. The Hall–Kier alpha value is -3.28. The maximum atomic E-state index is 12.9. The molecule has 3 rings (SSSR count). The van der Waals surface area contributed by atoms with Gasteiger partial charge in [0.25, 0.3) is 5.91 Å². The van der Waals surface area contributed by atoms with Gasteiger partial charge in [-0.25, -0.2) is 14.4 Å². The second kappa shape index (κ2) is 6.87. The molecule has 0 unspecified atom stereocenters. The summed E-state index contributed by atoms with van der Waals surface area (Å²) in [4.78, 5) is 22.4. The second-order valence-corrected chi connectivity index (χ2v) is 5.12. The van der Waals surface area contributed by atoms with E-state index >= 15 is 0 Å². The summed E-state index contributed by atoms with van der Waals surface area (Å²) in [5.41, 5.74) is 1.67. The molecule has 0 bridgehead atoms. The molecule has 0 saturated heterocycles. The maximum Gasteiger partial charge on any atom is 0.274 e. The number of para-hydroxylation sites is 1. The van der Waals surface area contributed by atoms with E-state index in [4.69, 9.17) is 0 Å². The average Bonchev–Trinajstić information content (AvgIpc) is 2.64. The number of rotatable bonds is 4. The number of benzene rings is 2. The van der Waals surface area contributed by atoms with Crippen LogP contribution < -0.4 is 10.2 Å². The zero-order valence-electron chi connectivity index (χ0n) is 13.0. The molecule has 1 heterocycles. The monoisotopic (exact) mass is 322 g/mol. The maximum absolute atomic E-state index is 12.9. The van der Waals surface area contributed by atoms with Crippen LogP contribution in [-0.2, 0) is 0 Å². The summed E-state index contributed by atoms with van der Waals surface area (Å²) in [6.07, 6.45) is 1.34. The lowest BCUT2D eigenvalue weighted by Gasteiger charge is -2.18. The Labute approximate surface area is 138 Å². The van der Waals surface area contributed by atoms with Gasteiger partial charge in [-0.15, -0.1) is 0 Å². The zero-order valence-corrected chi connectivity index (χ0v) is 13.0. The van der Waals surface area contributed by atoms with Gasteiger partial charge in [0, 0.05) is 24.5 Å². The fourth-order valence-corrected chi connectivity index (χ4v) is 2.17. The SMILES string of the molecule is CN(c1ccccc1)c1cc(C(=O)Nc2ccc(F)cc2)ncn1. The topological polar surface area (TPSA) is 58.1 Å². The standard InChI is InChI=1S/C18H15FN4O/c1-23(15-5-3-2-4-6-15)17-11-16(20-12-21-17)18(24)22-14-9-7-13(19)8-10-14/h2-12H,1H3,(H,22,24). The van der Waals surface area contributed by atoms with Crippen molar-refractivity contribution in [3.63, 3.8) is 0 Å². The summed E-state index contributed by atoms with van der Waals surface area (Å²) < 4.78 is 12.9. The largest absolute Gasteiger partial charge is 0.329 e. The van der Waals surface area contributed by atoms with E-state index in [1.807, 2.05) is 42.3 Å². The summed E-state index contributed by atoms with van der Waals surface area (Å²) in [5.74, 6) is -0.144. The molecule has 0 atom stereocenters. The first-order chi connectivity index (χ1) is 11.6. The first kappa shape index (κ1) is 15.6. The van der Waals surface area contributed by atoms with E-state index in [-0.39, 0.29) is 17.4 Å². The van der Waals surface area contributed by atoms with Crippen molar-refractivity contribution in [2.75, 3.05) is 17.3 Å². The van der Waals surface area contributed by atoms with Crippen LogP contribution in [0.2, 0.25) is 0 Å². The van der Waals surface area contributed by atoms with Crippen LogP contribution in [0.1, 0.15) is 10.5 Å². The number of nitrogens with zero attached hydrogens (tertiary/aromatic N) is 3. The van der Waals surface area contributed by atoms with Crippen molar-refractivity contribution in [3.05, 3.63) is 78.5 Å². The molecule has 24 heavy (non-hydrogen) atoms. The van der Waals surface area contributed by atoms with E-state index in [9.17, 15) is 9.18 Å². The highest BCUT2D eigenvalue weighted by Gasteiger charge is 2.12. The van der Waals surface area contributed by atoms with E-state index < -0.39 is 0 Å². The van der Waals surface area contributed by atoms with E-state index in [2.05, 4.69) is 15.3 Å². The van der Waals surface area contributed by atoms with Crippen LogP contribution in [0.4, 0.5) is 21.6 Å². The fraction of sp³-hybridized carbons (Fsp3) is 0.0556. The highest BCUT2D eigenvalue weighted by atomic mass is 19.1. The van der Waals surface area contributed by atoms with Gasteiger partial charge in [0.15, 0.2) is 0 Å². The first-order valence-electron chi connectivity index (χ1n) is 7.31. The molecule has 0 fully saturated rings. The molecule has 6 heteroatoms. The summed E-state index contributed by atoms with van der Waals surface area (Å²) in [6.45, 7) is 0. The molecule has 120 valence electrons. The van der Waals surface area contributed by atoms with E-state index in [1.165, 1.54) is 30.6 Å². The molecule has 3 aromatic rings. The minimum atomic E-state index is -0.383. The summed E-state index contributed by atoms with van der Waals surface area (Å²) in [7, 11) is 1.86. The van der Waals surface area contributed by atoms with E-state index in [0.717, 1.165) is 5.69 Å². The van der Waals surface area contributed by atoms with E-state index in [0.29, 0.717) is 11.5 Å². The fourth-order valence-electron chi connectivity index (χ4n) is 2.17. The van der Waals surface area contributed by atoms with Crippen molar-refractivity contribution in [2.24, 2.45) is 0 Å². The van der Waals surface area contributed by atoms with Crippen molar-refractivity contribution in [1.82, 2.24) is 9.97 Å². The number of anilines is 3. The molecule has 1 N–H and O–H groups in total. The minimum absolute atomic E-state index is 0.229. The van der Waals surface area contributed by atoms with Gasteiger partial charge in [-0.3, -0.25) is 4.79 Å². The summed E-state index contributed by atoms with van der Waals surface area (Å²) >= 11 is 0. The number of carbonyl (C=O) groups excluding carboxylic acids is 1. The lowest BCUT2D eigenvalue weighted by Crippen LogP contribution is -2.17. The average molecular weight is 322 g/mol. The van der Waals surface area contributed by atoms with Crippen LogP contribution in [-0.4, -0.2) is 22.9 Å². The normalized spacial score (nSPS) is 10.2. The van der Waals surface area contributed by atoms with Gasteiger partial charge < -0.3 is 10.2 Å². The smallest absolute Gasteiger partial charge is 0.274 e. The molecule has 1 aromatic heterocycles. The van der Waals surface area contributed by atoms with Gasteiger partial charge in [0.05, 0.1) is 0 Å². The van der Waals surface area contributed by atoms with Gasteiger partial charge in [-0.1, -0.05) is 18.2 Å². The van der Waals surface area contributed by atoms with Crippen LogP contribution in [0.25, 0.3) is 0 Å². The van der Waals surface area contributed by atoms with E-state index in [1.54, 1.807) is 6.07 Å². The summed E-state index contributed by atoms with van der Waals surface area (Å²) in [6, 6.07) is 16.8. The zero-order chi connectivity index (χ0) is 16.9. The van der Waals surface area contributed by atoms with Crippen molar-refractivity contribution in [1.29, 1.82) is 0 Å². The van der Waals surface area contributed by atoms with Gasteiger partial charge >= 0.3 is 0 Å². The van der Waals surface area contributed by atoms with Gasteiger partial charge in [0.1, 0.15) is 23.7 Å². The number of nitrogens with one attached hydrogen (secondary N) is 1. The Balaban J connectivity index is 1.79. The molecule has 0 saturated carbocycles. The Morgan fingerprint density at radius 1 is 1.04 bits per heavy atom. The van der Waals surface area contributed by atoms with Gasteiger partial charge in [0.2, 0.25) is 0 Å². The quantitative estimate of drug-likeness (QED) is 0.797. The predicted octanol–water partition coefficient (Wildman–Crippen LogP) is 3.64. The Kier molecular flexibility index (Phi) is 4.47. The molecular formula is C18H15FN4O. The predicted molar refractivity (Wildman–Crippen MR) is 90.9 cm³/mol. The van der Waals surface area contributed by atoms with Crippen LogP contribution in [0.5, 0.6) is 0 Å². The van der Waals surface area contributed by atoms with Crippen LogP contribution in [0.15, 0.2) is 67.0 Å². The highest BCUT2D eigenvalue weighted by molar-refractivity contribution is 6.03. The summed E-state index contributed by atoms with van der Waals surface area (Å²) in [5, 5.41) is 2.68. The minimum Gasteiger partial charge on any atom is -0.329 e. The molecule has 0 aliphatic rings. The number of hydrogen-bond acceptors (Lipinski definition) is 4. The molecular weight excluding hydrogens is 307 g/mol. The number of hydrogen-bond donors (Lipinski definition) is 1. The van der Waals surface area contributed by atoms with Crippen molar-refractivity contribution >= 4 is 23.1 Å². The molecule has 0 aliphatic heterocycles. The number of carbonyl (C=O) groups is 1. The lowest BCUT2D eigenvalue weighted by molar-refractivity contribution is 0.102. The number of aromatic nitrogens is 2. The van der Waals surface area contributed by atoms with Crippen molar-refractivity contribution < 1.29 is 9.18 Å². The molecule has 0 radical (unpaired) electrons. The molecule has 0 aliphatic carbocycles. The molecule has 1 amide bonds. The number of halogens is 1. The van der Waals surface area contributed by atoms with Crippen LogP contribution >= 0.6 is 0 Å². The third-order valence-corrected chi connectivity index (χ3v) is 3.47. The Bertz CT molecular complexity index is 837. The van der Waals surface area contributed by atoms with Crippen molar-refractivity contribution in [2.45, 2.75) is 0 Å². The second-order valence-electron chi connectivity index (χ2n) is 5.12. The lowest BCUT2D eigenvalue weighted by atomic mass is 10.2.